The quantitative estimate of drug-likeness (QED) is 0.745. The first-order valence-corrected chi connectivity index (χ1v) is 5.99. The molecule has 0 bridgehead atoms. The largest absolute Gasteiger partial charge is 0.347 e. The maximum absolute atomic E-state index is 5.47. The van der Waals surface area contributed by atoms with Crippen LogP contribution in [0.15, 0.2) is 0 Å². The van der Waals surface area contributed by atoms with Gasteiger partial charge in [-0.3, -0.25) is 0 Å². The van der Waals surface area contributed by atoms with Gasteiger partial charge in [0.25, 0.3) is 0 Å². The third-order valence-electron chi connectivity index (χ3n) is 2.00. The van der Waals surface area contributed by atoms with Gasteiger partial charge in [0, 0.05) is 13.2 Å². The fourth-order valence-corrected chi connectivity index (χ4v) is 2.20. The van der Waals surface area contributed by atoms with Gasteiger partial charge in [-0.1, -0.05) is 11.3 Å². The smallest absolute Gasteiger partial charge is 0.234 e. The summed E-state index contributed by atoms with van der Waals surface area (Å²) in [7, 11) is 0. The van der Waals surface area contributed by atoms with Crippen molar-refractivity contribution in [3.8, 4) is 0 Å². The van der Waals surface area contributed by atoms with E-state index in [0.717, 1.165) is 15.8 Å². The summed E-state index contributed by atoms with van der Waals surface area (Å²) >= 11 is 1.43. The molecule has 0 aromatic carbocycles. The standard InChI is InChI=1S/C9H14N4O2S/c1-4-14-8(15-5-2)7-12-13-6(3)10-11-9(13)16-7/h8H,4-5H2,1-3H3. The second-order valence-electron chi connectivity index (χ2n) is 3.12. The van der Waals surface area contributed by atoms with Gasteiger partial charge in [-0.15, -0.1) is 10.2 Å². The zero-order valence-corrected chi connectivity index (χ0v) is 10.3. The summed E-state index contributed by atoms with van der Waals surface area (Å²) in [6.45, 7) is 6.89. The van der Waals surface area contributed by atoms with Crippen LogP contribution in [0.25, 0.3) is 4.96 Å². The molecule has 2 aromatic heterocycles. The number of aromatic nitrogens is 4. The van der Waals surface area contributed by atoms with Crippen molar-refractivity contribution in [1.82, 2.24) is 19.8 Å². The summed E-state index contributed by atoms with van der Waals surface area (Å²) in [5, 5.41) is 13.1. The molecule has 0 aliphatic rings. The van der Waals surface area contributed by atoms with E-state index >= 15 is 0 Å². The Morgan fingerprint density at radius 1 is 1.25 bits per heavy atom. The topological polar surface area (TPSA) is 61.5 Å². The van der Waals surface area contributed by atoms with Crippen LogP contribution in [0.5, 0.6) is 0 Å². The van der Waals surface area contributed by atoms with Crippen molar-refractivity contribution < 1.29 is 9.47 Å². The summed E-state index contributed by atoms with van der Waals surface area (Å²) in [5.74, 6) is 0.768. The average molecular weight is 242 g/mol. The maximum Gasteiger partial charge on any atom is 0.234 e. The summed E-state index contributed by atoms with van der Waals surface area (Å²) in [5.41, 5.74) is 0. The van der Waals surface area contributed by atoms with E-state index in [9.17, 15) is 0 Å². The van der Waals surface area contributed by atoms with Gasteiger partial charge < -0.3 is 9.47 Å². The summed E-state index contributed by atoms with van der Waals surface area (Å²) in [4.78, 5) is 0.761. The lowest BCUT2D eigenvalue weighted by Crippen LogP contribution is -2.09. The maximum atomic E-state index is 5.47. The van der Waals surface area contributed by atoms with E-state index in [1.807, 2.05) is 20.8 Å². The molecule has 2 aromatic rings. The first kappa shape index (κ1) is 11.4. The molecule has 88 valence electrons. The molecule has 0 saturated carbocycles. The molecule has 2 rings (SSSR count). The van der Waals surface area contributed by atoms with Crippen LogP contribution < -0.4 is 0 Å². The third-order valence-corrected chi connectivity index (χ3v) is 2.92. The Balaban J connectivity index is 2.29. The van der Waals surface area contributed by atoms with Crippen LogP contribution in [-0.2, 0) is 9.47 Å². The van der Waals surface area contributed by atoms with Gasteiger partial charge in [-0.05, 0) is 20.8 Å². The molecule has 2 heterocycles. The fraction of sp³-hybridized carbons (Fsp3) is 0.667. The van der Waals surface area contributed by atoms with Crippen molar-refractivity contribution in [1.29, 1.82) is 0 Å². The van der Waals surface area contributed by atoms with Gasteiger partial charge in [-0.25, -0.2) is 0 Å². The molecule has 0 amide bonds. The molecular formula is C9H14N4O2S. The Bertz CT molecular complexity index is 461. The molecule has 6 nitrogen and oxygen atoms in total. The Hall–Kier alpha value is -1.05. The van der Waals surface area contributed by atoms with Crippen LogP contribution in [0.4, 0.5) is 0 Å². The normalized spacial score (nSPS) is 11.8. The van der Waals surface area contributed by atoms with Gasteiger partial charge in [-0.2, -0.15) is 9.61 Å². The molecule has 0 atom stereocenters. The number of hydrogen-bond acceptors (Lipinski definition) is 6. The summed E-state index contributed by atoms with van der Waals surface area (Å²) < 4.78 is 12.6. The number of aryl methyl sites for hydroxylation is 1. The molecule has 0 radical (unpaired) electrons. The third kappa shape index (κ3) is 2.06. The SMILES string of the molecule is CCOC(OCC)c1nn2c(C)nnc2s1. The monoisotopic (exact) mass is 242 g/mol. The van der Waals surface area contributed by atoms with Gasteiger partial charge in [0.1, 0.15) is 0 Å². The van der Waals surface area contributed by atoms with Gasteiger partial charge in [0.15, 0.2) is 10.8 Å². The zero-order valence-electron chi connectivity index (χ0n) is 9.51. The van der Waals surface area contributed by atoms with Crippen LogP contribution in [0.3, 0.4) is 0 Å². The molecule has 0 N–H and O–H groups in total. The lowest BCUT2D eigenvalue weighted by molar-refractivity contribution is -0.140. The van der Waals surface area contributed by atoms with E-state index in [4.69, 9.17) is 9.47 Å². The molecule has 0 spiro atoms. The molecular weight excluding hydrogens is 228 g/mol. The minimum Gasteiger partial charge on any atom is -0.347 e. The number of rotatable bonds is 5. The van der Waals surface area contributed by atoms with Crippen molar-refractivity contribution in [3.63, 3.8) is 0 Å². The Labute approximate surface area is 97.2 Å². The molecule has 7 heteroatoms. The van der Waals surface area contributed by atoms with Crippen LogP contribution in [0.1, 0.15) is 31.0 Å². The van der Waals surface area contributed by atoms with Gasteiger partial charge in [0.2, 0.25) is 11.3 Å². The van der Waals surface area contributed by atoms with E-state index in [1.165, 1.54) is 11.3 Å². The number of fused-ring (bicyclic) bond motifs is 1. The minimum atomic E-state index is -0.402. The van der Waals surface area contributed by atoms with E-state index < -0.39 is 6.29 Å². The highest BCUT2D eigenvalue weighted by Crippen LogP contribution is 2.24. The lowest BCUT2D eigenvalue weighted by atomic mass is 10.6. The fourth-order valence-electron chi connectivity index (χ4n) is 1.32. The van der Waals surface area contributed by atoms with Crippen LogP contribution in [-0.4, -0.2) is 33.0 Å². The summed E-state index contributed by atoms with van der Waals surface area (Å²) in [6, 6.07) is 0. The molecule has 0 aliphatic heterocycles. The average Bonchev–Trinajstić information content (AvgIpc) is 2.81. The highest BCUT2D eigenvalue weighted by atomic mass is 32.1. The van der Waals surface area contributed by atoms with Crippen LogP contribution >= 0.6 is 11.3 Å². The highest BCUT2D eigenvalue weighted by Gasteiger charge is 2.18. The van der Waals surface area contributed by atoms with Crippen LogP contribution in [0.2, 0.25) is 0 Å². The Kier molecular flexibility index (Phi) is 3.47. The van der Waals surface area contributed by atoms with Gasteiger partial charge in [0.05, 0.1) is 0 Å². The van der Waals surface area contributed by atoms with E-state index in [2.05, 4.69) is 15.3 Å². The molecule has 0 saturated heterocycles. The van der Waals surface area contributed by atoms with Crippen LogP contribution in [0, 0.1) is 6.92 Å². The van der Waals surface area contributed by atoms with Crippen molar-refractivity contribution in [2.24, 2.45) is 0 Å². The number of ether oxygens (including phenoxy) is 2. The van der Waals surface area contributed by atoms with E-state index in [-0.39, 0.29) is 0 Å². The van der Waals surface area contributed by atoms with Gasteiger partial charge >= 0.3 is 0 Å². The first-order valence-electron chi connectivity index (χ1n) is 5.18. The highest BCUT2D eigenvalue weighted by molar-refractivity contribution is 7.16. The number of hydrogen-bond donors (Lipinski definition) is 0. The second kappa shape index (κ2) is 4.86. The molecule has 0 unspecified atom stereocenters. The second-order valence-corrected chi connectivity index (χ2v) is 4.11. The first-order chi connectivity index (χ1) is 7.76. The number of nitrogens with zero attached hydrogens (tertiary/aromatic N) is 4. The lowest BCUT2D eigenvalue weighted by Gasteiger charge is -2.12. The van der Waals surface area contributed by atoms with Crippen molar-refractivity contribution in [2.45, 2.75) is 27.1 Å². The van der Waals surface area contributed by atoms with E-state index in [0.29, 0.717) is 13.2 Å². The Morgan fingerprint density at radius 3 is 2.50 bits per heavy atom. The molecule has 16 heavy (non-hydrogen) atoms. The predicted octanol–water partition coefficient (Wildman–Crippen LogP) is 1.57. The van der Waals surface area contributed by atoms with Crippen molar-refractivity contribution in [2.75, 3.05) is 13.2 Å². The molecule has 0 aliphatic carbocycles. The van der Waals surface area contributed by atoms with E-state index in [1.54, 1.807) is 4.52 Å². The Morgan fingerprint density at radius 2 is 1.94 bits per heavy atom. The molecule has 0 fully saturated rings. The zero-order chi connectivity index (χ0) is 11.5. The van der Waals surface area contributed by atoms with Crippen molar-refractivity contribution >= 4 is 16.3 Å². The predicted molar refractivity (Wildman–Crippen MR) is 59.4 cm³/mol. The minimum absolute atomic E-state index is 0.402. The summed E-state index contributed by atoms with van der Waals surface area (Å²) in [6.07, 6.45) is -0.402. The van der Waals surface area contributed by atoms with Crippen molar-refractivity contribution in [3.05, 3.63) is 10.8 Å².